The molecule has 158 valence electrons. The molecule has 0 bridgehead atoms. The Morgan fingerprint density at radius 3 is 1.93 bits per heavy atom. The molecule has 0 N–H and O–H groups in total. The van der Waals surface area contributed by atoms with Crippen LogP contribution in [0, 0.1) is 11.7 Å². The van der Waals surface area contributed by atoms with Gasteiger partial charge in [-0.3, -0.25) is 0 Å². The second kappa shape index (κ2) is 11.5. The van der Waals surface area contributed by atoms with Crippen molar-refractivity contribution in [3.8, 4) is 0 Å². The third kappa shape index (κ3) is 6.69. The lowest BCUT2D eigenvalue weighted by Crippen LogP contribution is -2.14. The van der Waals surface area contributed by atoms with Crippen LogP contribution in [-0.4, -0.2) is 0 Å². The molecule has 29 heavy (non-hydrogen) atoms. The molecule has 0 unspecified atom stereocenters. The normalized spacial score (nSPS) is 19.4. The molecule has 0 saturated heterocycles. The largest absolute Gasteiger partial charge is 0.207 e. The summed E-state index contributed by atoms with van der Waals surface area (Å²) in [5, 5.41) is 0. The molecule has 0 nitrogen and oxygen atoms in total. The van der Waals surface area contributed by atoms with Crippen molar-refractivity contribution in [1.29, 1.82) is 0 Å². The van der Waals surface area contributed by atoms with Crippen LogP contribution in [0.1, 0.15) is 99.8 Å². The van der Waals surface area contributed by atoms with Gasteiger partial charge in [-0.2, -0.15) is 0 Å². The zero-order chi connectivity index (χ0) is 20.5. The molecule has 2 aromatic carbocycles. The van der Waals surface area contributed by atoms with Crippen LogP contribution in [0.2, 0.25) is 0 Å². The van der Waals surface area contributed by atoms with Crippen molar-refractivity contribution in [2.24, 2.45) is 5.92 Å². The maximum Gasteiger partial charge on any atom is 0.126 e. The summed E-state index contributed by atoms with van der Waals surface area (Å²) in [5.41, 5.74) is 4.86. The van der Waals surface area contributed by atoms with Gasteiger partial charge in [0, 0.05) is 0 Å². The Morgan fingerprint density at radius 2 is 1.31 bits per heavy atom. The predicted molar refractivity (Wildman–Crippen MR) is 123 cm³/mol. The highest BCUT2D eigenvalue weighted by atomic mass is 19.1. The molecular formula is C28H39F. The molecule has 0 heterocycles. The van der Waals surface area contributed by atoms with Gasteiger partial charge < -0.3 is 0 Å². The lowest BCUT2D eigenvalue weighted by Gasteiger charge is -2.29. The number of benzene rings is 2. The molecule has 0 amide bonds. The van der Waals surface area contributed by atoms with Crippen LogP contribution in [0.15, 0.2) is 42.5 Å². The second-order valence-corrected chi connectivity index (χ2v) is 9.14. The van der Waals surface area contributed by atoms with Crippen molar-refractivity contribution in [2.45, 2.75) is 96.8 Å². The van der Waals surface area contributed by atoms with Gasteiger partial charge >= 0.3 is 0 Å². The summed E-state index contributed by atoms with van der Waals surface area (Å²) in [5.74, 6) is 1.33. The second-order valence-electron chi connectivity index (χ2n) is 9.14. The fraction of sp³-hybridized carbons (Fsp3) is 0.571. The van der Waals surface area contributed by atoms with Crippen LogP contribution in [0.25, 0.3) is 0 Å². The number of hydrogen-bond donors (Lipinski definition) is 0. The number of halogens is 1. The molecule has 0 atom stereocenters. The highest BCUT2D eigenvalue weighted by Gasteiger charge is 2.24. The van der Waals surface area contributed by atoms with Crippen molar-refractivity contribution < 1.29 is 4.39 Å². The van der Waals surface area contributed by atoms with Crippen LogP contribution in [0.3, 0.4) is 0 Å². The van der Waals surface area contributed by atoms with Gasteiger partial charge in [-0.15, -0.1) is 0 Å². The average molecular weight is 395 g/mol. The Balaban J connectivity index is 1.50. The minimum absolute atomic E-state index is 0.0226. The summed E-state index contributed by atoms with van der Waals surface area (Å²) in [6.45, 7) is 4.50. The Labute approximate surface area is 177 Å². The average Bonchev–Trinajstić information content (AvgIpc) is 2.76. The highest BCUT2D eigenvalue weighted by molar-refractivity contribution is 5.29. The molecule has 1 aliphatic carbocycles. The Hall–Kier alpha value is -1.63. The molecule has 0 spiro atoms. The number of rotatable bonds is 10. The summed E-state index contributed by atoms with van der Waals surface area (Å²) in [6, 6.07) is 15.0. The van der Waals surface area contributed by atoms with Gasteiger partial charge in [0.2, 0.25) is 0 Å². The quantitative estimate of drug-likeness (QED) is 0.379. The van der Waals surface area contributed by atoms with E-state index in [1.807, 2.05) is 0 Å². The van der Waals surface area contributed by atoms with Crippen LogP contribution in [0.4, 0.5) is 4.39 Å². The van der Waals surface area contributed by atoms with Gasteiger partial charge in [0.05, 0.1) is 0 Å². The predicted octanol–water partition coefficient (Wildman–Crippen LogP) is 8.42. The molecule has 2 aromatic rings. The molecule has 1 aliphatic rings. The first-order valence-electron chi connectivity index (χ1n) is 12.1. The van der Waals surface area contributed by atoms with Crippen molar-refractivity contribution in [1.82, 2.24) is 0 Å². The van der Waals surface area contributed by atoms with Crippen LogP contribution in [0.5, 0.6) is 0 Å². The van der Waals surface area contributed by atoms with E-state index in [1.165, 1.54) is 62.5 Å². The first kappa shape index (κ1) is 22.1. The van der Waals surface area contributed by atoms with Gasteiger partial charge in [-0.1, -0.05) is 75.9 Å². The molecule has 0 radical (unpaired) electrons. The molecule has 3 rings (SSSR count). The fourth-order valence-corrected chi connectivity index (χ4v) is 4.85. The van der Waals surface area contributed by atoms with E-state index >= 15 is 0 Å². The molecule has 1 heteroatoms. The van der Waals surface area contributed by atoms with E-state index in [2.05, 4.69) is 50.2 Å². The van der Waals surface area contributed by atoms with E-state index in [0.717, 1.165) is 42.7 Å². The number of unbranched alkanes of at least 4 members (excludes halogenated alkanes) is 2. The monoisotopic (exact) mass is 394 g/mol. The first-order valence-corrected chi connectivity index (χ1v) is 12.1. The lowest BCUT2D eigenvalue weighted by atomic mass is 9.77. The van der Waals surface area contributed by atoms with E-state index < -0.39 is 0 Å². The fourth-order valence-electron chi connectivity index (χ4n) is 4.85. The maximum absolute atomic E-state index is 14.8. The summed E-state index contributed by atoms with van der Waals surface area (Å²) in [6.07, 6.45) is 14.4. The van der Waals surface area contributed by atoms with Crippen molar-refractivity contribution >= 4 is 0 Å². The molecular weight excluding hydrogens is 355 g/mol. The Bertz CT molecular complexity index is 722. The zero-order valence-electron chi connectivity index (χ0n) is 18.6. The standard InChI is InChI=1S/C28H39F/c1-3-5-7-22-9-11-24(12-10-22)13-14-25-17-20-27(28(29)21-25)26-18-15-23(16-19-26)8-6-4-2/h9-12,17,20-21,23,26H,3-8,13-16,18-19H2,1-2H3. The summed E-state index contributed by atoms with van der Waals surface area (Å²) >= 11 is 0. The lowest BCUT2D eigenvalue weighted by molar-refractivity contribution is 0.300. The van der Waals surface area contributed by atoms with E-state index in [4.69, 9.17) is 0 Å². The Kier molecular flexibility index (Phi) is 8.77. The van der Waals surface area contributed by atoms with Crippen molar-refractivity contribution in [3.63, 3.8) is 0 Å². The first-order chi connectivity index (χ1) is 14.2. The van der Waals surface area contributed by atoms with E-state index in [0.29, 0.717) is 5.92 Å². The summed E-state index contributed by atoms with van der Waals surface area (Å²) in [4.78, 5) is 0. The van der Waals surface area contributed by atoms with Gasteiger partial charge in [0.25, 0.3) is 0 Å². The van der Waals surface area contributed by atoms with Crippen LogP contribution in [-0.2, 0) is 19.3 Å². The zero-order valence-corrected chi connectivity index (χ0v) is 18.6. The van der Waals surface area contributed by atoms with Crippen molar-refractivity contribution in [3.05, 3.63) is 70.5 Å². The summed E-state index contributed by atoms with van der Waals surface area (Å²) in [7, 11) is 0. The van der Waals surface area contributed by atoms with E-state index in [9.17, 15) is 4.39 Å². The number of aryl methyl sites for hydroxylation is 3. The van der Waals surface area contributed by atoms with Crippen molar-refractivity contribution in [2.75, 3.05) is 0 Å². The van der Waals surface area contributed by atoms with Gasteiger partial charge in [-0.25, -0.2) is 4.39 Å². The van der Waals surface area contributed by atoms with Gasteiger partial charge in [0.15, 0.2) is 0 Å². The molecule has 1 fully saturated rings. The van der Waals surface area contributed by atoms with Gasteiger partial charge in [0.1, 0.15) is 5.82 Å². The topological polar surface area (TPSA) is 0 Å². The summed E-state index contributed by atoms with van der Waals surface area (Å²) < 4.78 is 14.8. The number of hydrogen-bond acceptors (Lipinski definition) is 0. The third-order valence-corrected chi connectivity index (χ3v) is 6.86. The van der Waals surface area contributed by atoms with Gasteiger partial charge in [-0.05, 0) is 91.5 Å². The van der Waals surface area contributed by atoms with Crippen LogP contribution < -0.4 is 0 Å². The maximum atomic E-state index is 14.8. The highest BCUT2D eigenvalue weighted by Crippen LogP contribution is 2.38. The minimum Gasteiger partial charge on any atom is -0.207 e. The minimum atomic E-state index is 0.0226. The SMILES string of the molecule is CCCCc1ccc(CCc2ccc(C3CCC(CCCC)CC3)c(F)c2)cc1. The molecule has 1 saturated carbocycles. The molecule has 0 aliphatic heterocycles. The van der Waals surface area contributed by atoms with Crippen LogP contribution >= 0.6 is 0 Å². The van der Waals surface area contributed by atoms with E-state index in [-0.39, 0.29) is 5.82 Å². The molecule has 0 aromatic heterocycles. The smallest absolute Gasteiger partial charge is 0.126 e. The Morgan fingerprint density at radius 1 is 0.724 bits per heavy atom. The third-order valence-electron chi connectivity index (χ3n) is 6.86. The van der Waals surface area contributed by atoms with E-state index in [1.54, 1.807) is 6.07 Å².